The molecule has 2 N–H and O–H groups in total. The molecule has 0 saturated carbocycles. The minimum atomic E-state index is -0.0212. The lowest BCUT2D eigenvalue weighted by Gasteiger charge is -2.37. The Bertz CT molecular complexity index is 1750. The lowest BCUT2D eigenvalue weighted by Crippen LogP contribution is -2.33. The van der Waals surface area contributed by atoms with E-state index in [1.165, 1.54) is 16.7 Å². The zero-order chi connectivity index (χ0) is 28.5. The molecule has 214 valence electrons. The fourth-order valence-corrected chi connectivity index (χ4v) is 7.26. The van der Waals surface area contributed by atoms with Crippen molar-refractivity contribution in [1.82, 2.24) is 10.2 Å². The van der Waals surface area contributed by atoms with Crippen molar-refractivity contribution in [1.29, 1.82) is 0 Å². The van der Waals surface area contributed by atoms with Gasteiger partial charge in [0.15, 0.2) is 23.0 Å². The van der Waals surface area contributed by atoms with Crippen LogP contribution < -0.4 is 24.3 Å². The van der Waals surface area contributed by atoms with E-state index in [2.05, 4.69) is 59.7 Å². The van der Waals surface area contributed by atoms with Crippen LogP contribution in [0.3, 0.4) is 0 Å². The standard InChI is InChI=1S/C35H34N2O5/c1-37-11-9-21-17-31-32-18-23(21)27(37)15-20-5-7-30(40-3)25(13-20)24-12-19(4-6-29(24)39-2)14-26-33-22(8-10-36-26)16-28(38)34(41-31)35(33)42-32/h4-7,12-13,16-18,26-27,36,38H,8-11,14-15H2,1-3H3/t26-,27+/m1/s1. The highest BCUT2D eigenvalue weighted by atomic mass is 16.6. The summed E-state index contributed by atoms with van der Waals surface area (Å²) in [5.74, 6) is 4.13. The van der Waals surface area contributed by atoms with Gasteiger partial charge < -0.3 is 29.4 Å². The lowest BCUT2D eigenvalue weighted by molar-refractivity contribution is 0.227. The number of likely N-dealkylation sites (N-methyl/N-ethyl adjacent to an activating group) is 1. The third kappa shape index (κ3) is 3.95. The van der Waals surface area contributed by atoms with Gasteiger partial charge in [0, 0.05) is 35.3 Å². The molecule has 0 fully saturated rings. The van der Waals surface area contributed by atoms with Gasteiger partial charge in [-0.25, -0.2) is 0 Å². The summed E-state index contributed by atoms with van der Waals surface area (Å²) in [6.07, 6.45) is 3.29. The summed E-state index contributed by atoms with van der Waals surface area (Å²) in [5, 5.41) is 14.8. The van der Waals surface area contributed by atoms with E-state index in [1.54, 1.807) is 14.2 Å². The van der Waals surface area contributed by atoms with Gasteiger partial charge in [0.25, 0.3) is 0 Å². The van der Waals surface area contributed by atoms with Crippen molar-refractivity contribution in [2.45, 2.75) is 37.8 Å². The normalized spacial score (nSPS) is 20.0. The molecule has 42 heavy (non-hydrogen) atoms. The van der Waals surface area contributed by atoms with E-state index in [-0.39, 0.29) is 17.8 Å². The van der Waals surface area contributed by atoms with E-state index in [0.29, 0.717) is 23.0 Å². The molecule has 0 spiro atoms. The lowest BCUT2D eigenvalue weighted by atomic mass is 9.86. The van der Waals surface area contributed by atoms with Crippen LogP contribution in [0.1, 0.15) is 45.5 Å². The van der Waals surface area contributed by atoms with E-state index < -0.39 is 0 Å². The Labute approximate surface area is 245 Å². The quantitative estimate of drug-likeness (QED) is 0.255. The number of hydrogen-bond donors (Lipinski definition) is 2. The van der Waals surface area contributed by atoms with Crippen molar-refractivity contribution in [2.24, 2.45) is 0 Å². The Morgan fingerprint density at radius 1 is 0.810 bits per heavy atom. The first kappa shape index (κ1) is 25.5. The maximum absolute atomic E-state index is 11.1. The molecular formula is C35H34N2O5. The highest BCUT2D eigenvalue weighted by molar-refractivity contribution is 5.77. The second-order valence-electron chi connectivity index (χ2n) is 11.8. The Balaban J connectivity index is 1.38. The highest BCUT2D eigenvalue weighted by Crippen LogP contribution is 2.55. The molecule has 2 atom stereocenters. The molecule has 4 aliphatic heterocycles. The van der Waals surface area contributed by atoms with E-state index >= 15 is 0 Å². The van der Waals surface area contributed by atoms with E-state index in [9.17, 15) is 5.11 Å². The number of methoxy groups -OCH3 is 2. The first-order chi connectivity index (χ1) is 20.5. The van der Waals surface area contributed by atoms with E-state index in [4.69, 9.17) is 18.9 Å². The predicted octanol–water partition coefficient (Wildman–Crippen LogP) is 6.49. The number of rotatable bonds is 2. The summed E-state index contributed by atoms with van der Waals surface area (Å²) >= 11 is 0. The van der Waals surface area contributed by atoms with Crippen LogP contribution in [-0.4, -0.2) is 44.4 Å². The SMILES string of the molecule is COc1ccc2cc1-c1cc(ccc1OC)C[C@H]1c3cc4c(cc3CCN1C)Oc1c(O)cc3c(c1O4)[C@@H](C2)NCC3. The summed E-state index contributed by atoms with van der Waals surface area (Å²) in [7, 11) is 5.64. The molecule has 0 amide bonds. The zero-order valence-corrected chi connectivity index (χ0v) is 24.1. The van der Waals surface area contributed by atoms with Crippen molar-refractivity contribution < 1.29 is 24.1 Å². The van der Waals surface area contributed by atoms with Crippen molar-refractivity contribution in [3.05, 3.63) is 88.0 Å². The van der Waals surface area contributed by atoms with Gasteiger partial charge in [-0.05, 0) is 110 Å². The fraction of sp³-hybridized carbons (Fsp3) is 0.314. The van der Waals surface area contributed by atoms with E-state index in [0.717, 1.165) is 78.1 Å². The number of hydrogen-bond acceptors (Lipinski definition) is 7. The molecule has 0 aromatic heterocycles. The van der Waals surface area contributed by atoms with Gasteiger partial charge in [0.1, 0.15) is 11.5 Å². The maximum atomic E-state index is 11.1. The van der Waals surface area contributed by atoms with Crippen LogP contribution in [0.5, 0.6) is 40.2 Å². The monoisotopic (exact) mass is 562 g/mol. The van der Waals surface area contributed by atoms with Gasteiger partial charge in [0.2, 0.25) is 5.75 Å². The molecule has 0 radical (unpaired) electrons. The molecule has 7 bridgehead atoms. The van der Waals surface area contributed by atoms with Gasteiger partial charge in [-0.15, -0.1) is 0 Å². The average Bonchev–Trinajstić information content (AvgIpc) is 3.00. The molecule has 0 aliphatic carbocycles. The number of ether oxygens (including phenoxy) is 4. The number of fused-ring (bicyclic) bond motifs is 5. The van der Waals surface area contributed by atoms with Crippen molar-refractivity contribution in [3.8, 4) is 51.4 Å². The molecule has 0 unspecified atom stereocenters. The van der Waals surface area contributed by atoms with Crippen molar-refractivity contribution >= 4 is 0 Å². The van der Waals surface area contributed by atoms with Gasteiger partial charge in [-0.2, -0.15) is 0 Å². The maximum Gasteiger partial charge on any atom is 0.212 e. The molecule has 7 heteroatoms. The molecule has 8 rings (SSSR count). The summed E-state index contributed by atoms with van der Waals surface area (Å²) in [5.41, 5.74) is 9.06. The number of nitrogens with zero attached hydrogens (tertiary/aromatic N) is 1. The average molecular weight is 563 g/mol. The minimum Gasteiger partial charge on any atom is -0.504 e. The Morgan fingerprint density at radius 2 is 1.50 bits per heavy atom. The highest BCUT2D eigenvalue weighted by Gasteiger charge is 2.35. The van der Waals surface area contributed by atoms with Crippen molar-refractivity contribution in [2.75, 3.05) is 34.4 Å². The van der Waals surface area contributed by atoms with Crippen LogP contribution in [-0.2, 0) is 25.7 Å². The third-order valence-corrected chi connectivity index (χ3v) is 9.42. The molecule has 4 aromatic rings. The molecule has 4 heterocycles. The molecular weight excluding hydrogens is 528 g/mol. The number of benzene rings is 4. The summed E-state index contributed by atoms with van der Waals surface area (Å²) in [6.45, 7) is 1.76. The zero-order valence-electron chi connectivity index (χ0n) is 24.1. The largest absolute Gasteiger partial charge is 0.504 e. The second-order valence-corrected chi connectivity index (χ2v) is 11.8. The second kappa shape index (κ2) is 9.68. The number of nitrogens with one attached hydrogen (secondary N) is 1. The summed E-state index contributed by atoms with van der Waals surface area (Å²) in [6, 6.07) is 19.2. The van der Waals surface area contributed by atoms with Crippen LogP contribution in [0.25, 0.3) is 11.1 Å². The summed E-state index contributed by atoms with van der Waals surface area (Å²) < 4.78 is 24.9. The number of aromatic hydroxyl groups is 1. The first-order valence-corrected chi connectivity index (χ1v) is 14.7. The van der Waals surface area contributed by atoms with Crippen LogP contribution >= 0.6 is 0 Å². The van der Waals surface area contributed by atoms with Crippen LogP contribution in [0.4, 0.5) is 0 Å². The Kier molecular flexibility index (Phi) is 5.88. The smallest absolute Gasteiger partial charge is 0.212 e. The number of phenolic OH excluding ortho intramolecular Hbond substituents is 1. The Morgan fingerprint density at radius 3 is 2.24 bits per heavy atom. The van der Waals surface area contributed by atoms with Crippen LogP contribution in [0, 0.1) is 0 Å². The predicted molar refractivity (Wildman–Crippen MR) is 161 cm³/mol. The van der Waals surface area contributed by atoms with Crippen LogP contribution in [0.15, 0.2) is 54.6 Å². The number of phenols is 1. The topological polar surface area (TPSA) is 72.4 Å². The third-order valence-electron chi connectivity index (χ3n) is 9.42. The van der Waals surface area contributed by atoms with E-state index in [1.807, 2.05) is 12.1 Å². The molecule has 0 saturated heterocycles. The molecule has 4 aliphatic rings. The van der Waals surface area contributed by atoms with Crippen LogP contribution in [0.2, 0.25) is 0 Å². The summed E-state index contributed by atoms with van der Waals surface area (Å²) in [4.78, 5) is 2.42. The first-order valence-electron chi connectivity index (χ1n) is 14.7. The van der Waals surface area contributed by atoms with Gasteiger partial charge in [-0.3, -0.25) is 4.90 Å². The van der Waals surface area contributed by atoms with Gasteiger partial charge >= 0.3 is 0 Å². The van der Waals surface area contributed by atoms with Gasteiger partial charge in [-0.1, -0.05) is 12.1 Å². The minimum absolute atomic E-state index is 0.0212. The fourth-order valence-electron chi connectivity index (χ4n) is 7.26. The van der Waals surface area contributed by atoms with Gasteiger partial charge in [0.05, 0.1) is 14.2 Å². The molecule has 7 nitrogen and oxygen atoms in total. The van der Waals surface area contributed by atoms with Crippen molar-refractivity contribution in [3.63, 3.8) is 0 Å². The molecule has 4 aromatic carbocycles. The Hall–Kier alpha value is -4.20.